The summed E-state index contributed by atoms with van der Waals surface area (Å²) in [6, 6.07) is 6.77. The van der Waals surface area contributed by atoms with Crippen LogP contribution in [-0.2, 0) is 0 Å². The second-order valence-electron chi connectivity index (χ2n) is 3.91. The Morgan fingerprint density at radius 3 is 2.56 bits per heavy atom. The van der Waals surface area contributed by atoms with E-state index in [0.717, 1.165) is 29.7 Å². The van der Waals surface area contributed by atoms with Gasteiger partial charge in [0.1, 0.15) is 0 Å². The fraction of sp³-hybridized carbons (Fsp3) is 0.455. The number of benzene rings is 1. The minimum Gasteiger partial charge on any atom is -0.316 e. The highest BCUT2D eigenvalue weighted by Gasteiger charge is 2.15. The minimum atomic E-state index is -0.367. The number of nitrogens with zero attached hydrogens (tertiary/aromatic N) is 1. The topological polar surface area (TPSA) is 55.2 Å². The van der Waals surface area contributed by atoms with Gasteiger partial charge in [-0.3, -0.25) is 10.1 Å². The van der Waals surface area contributed by atoms with E-state index < -0.39 is 0 Å². The molecule has 1 N–H and O–H groups in total. The zero-order valence-corrected chi connectivity index (χ0v) is 9.70. The molecule has 0 bridgehead atoms. The first kappa shape index (κ1) is 11.4. The highest BCUT2D eigenvalue weighted by Crippen LogP contribution is 2.23. The van der Waals surface area contributed by atoms with Crippen molar-refractivity contribution in [1.82, 2.24) is 5.32 Å². The number of nitrogens with one attached hydrogen (secondary N) is 1. The highest BCUT2D eigenvalue weighted by molar-refractivity contribution is 7.99. The van der Waals surface area contributed by atoms with Gasteiger partial charge < -0.3 is 5.32 Å². The molecule has 0 amide bonds. The van der Waals surface area contributed by atoms with Crippen molar-refractivity contribution >= 4 is 17.4 Å². The van der Waals surface area contributed by atoms with Gasteiger partial charge in [-0.1, -0.05) is 0 Å². The second kappa shape index (κ2) is 5.32. The molecule has 0 saturated carbocycles. The molecular formula is C11H14N2O2S. The summed E-state index contributed by atoms with van der Waals surface area (Å²) >= 11 is 1.77. The van der Waals surface area contributed by atoms with Crippen molar-refractivity contribution in [3.05, 3.63) is 34.4 Å². The molecule has 16 heavy (non-hydrogen) atoms. The van der Waals surface area contributed by atoms with Crippen LogP contribution >= 0.6 is 11.8 Å². The van der Waals surface area contributed by atoms with Gasteiger partial charge >= 0.3 is 0 Å². The van der Waals surface area contributed by atoms with Crippen LogP contribution in [0.5, 0.6) is 0 Å². The summed E-state index contributed by atoms with van der Waals surface area (Å²) in [4.78, 5) is 11.2. The Balaban J connectivity index is 1.78. The smallest absolute Gasteiger partial charge is 0.269 e. The van der Waals surface area contributed by atoms with E-state index in [4.69, 9.17) is 0 Å². The van der Waals surface area contributed by atoms with Crippen LogP contribution in [0, 0.1) is 16.0 Å². The molecule has 1 fully saturated rings. The molecule has 0 aromatic heterocycles. The molecule has 0 atom stereocenters. The third-order valence-electron chi connectivity index (χ3n) is 2.71. The van der Waals surface area contributed by atoms with Crippen LogP contribution in [0.25, 0.3) is 0 Å². The van der Waals surface area contributed by atoms with E-state index >= 15 is 0 Å². The van der Waals surface area contributed by atoms with E-state index in [1.165, 1.54) is 6.42 Å². The monoisotopic (exact) mass is 238 g/mol. The highest BCUT2D eigenvalue weighted by atomic mass is 32.2. The van der Waals surface area contributed by atoms with Crippen molar-refractivity contribution in [2.24, 2.45) is 5.92 Å². The SMILES string of the molecule is O=[N+]([O-])c1ccc(SCCC2CNC2)cc1. The number of hydrogen-bond acceptors (Lipinski definition) is 4. The molecule has 0 unspecified atom stereocenters. The summed E-state index contributed by atoms with van der Waals surface area (Å²) in [5, 5.41) is 13.7. The summed E-state index contributed by atoms with van der Waals surface area (Å²) in [6.45, 7) is 2.28. The van der Waals surface area contributed by atoms with Crippen LogP contribution in [0.3, 0.4) is 0 Å². The molecule has 1 aliphatic heterocycles. The van der Waals surface area contributed by atoms with Gasteiger partial charge in [-0.15, -0.1) is 11.8 Å². The van der Waals surface area contributed by atoms with Gasteiger partial charge in [-0.2, -0.15) is 0 Å². The molecule has 2 rings (SSSR count). The maximum absolute atomic E-state index is 10.5. The Bertz CT molecular complexity index is 363. The van der Waals surface area contributed by atoms with Gasteiger partial charge in [-0.05, 0) is 43.3 Å². The third kappa shape index (κ3) is 2.96. The van der Waals surface area contributed by atoms with Crippen LogP contribution in [0.2, 0.25) is 0 Å². The van der Waals surface area contributed by atoms with Crippen molar-refractivity contribution in [3.8, 4) is 0 Å². The molecule has 0 aliphatic carbocycles. The maximum Gasteiger partial charge on any atom is 0.269 e. The Morgan fingerprint density at radius 2 is 2.06 bits per heavy atom. The first-order valence-corrected chi connectivity index (χ1v) is 6.32. The van der Waals surface area contributed by atoms with Crippen LogP contribution in [0.15, 0.2) is 29.2 Å². The lowest BCUT2D eigenvalue weighted by Crippen LogP contribution is -2.42. The zero-order chi connectivity index (χ0) is 11.4. The molecule has 1 heterocycles. The summed E-state index contributed by atoms with van der Waals surface area (Å²) in [5.74, 6) is 1.91. The molecular weight excluding hydrogens is 224 g/mol. The Hall–Kier alpha value is -1.07. The van der Waals surface area contributed by atoms with Crippen LogP contribution in [0.1, 0.15) is 6.42 Å². The number of non-ortho nitro benzene ring substituents is 1. The van der Waals surface area contributed by atoms with Gasteiger partial charge in [0, 0.05) is 17.0 Å². The lowest BCUT2D eigenvalue weighted by atomic mass is 10.0. The van der Waals surface area contributed by atoms with E-state index in [1.807, 2.05) is 12.1 Å². The molecule has 1 aromatic carbocycles. The molecule has 4 nitrogen and oxygen atoms in total. The molecule has 1 aromatic rings. The summed E-state index contributed by atoms with van der Waals surface area (Å²) in [6.07, 6.45) is 1.22. The number of rotatable bonds is 5. The Morgan fingerprint density at radius 1 is 1.38 bits per heavy atom. The van der Waals surface area contributed by atoms with Crippen molar-refractivity contribution in [2.75, 3.05) is 18.8 Å². The van der Waals surface area contributed by atoms with Gasteiger partial charge in [0.15, 0.2) is 0 Å². The summed E-state index contributed by atoms with van der Waals surface area (Å²) < 4.78 is 0. The number of nitro groups is 1. The lowest BCUT2D eigenvalue weighted by Gasteiger charge is -2.26. The molecule has 0 spiro atoms. The first-order valence-electron chi connectivity index (χ1n) is 5.33. The summed E-state index contributed by atoms with van der Waals surface area (Å²) in [5.41, 5.74) is 0.160. The van der Waals surface area contributed by atoms with E-state index in [1.54, 1.807) is 23.9 Å². The van der Waals surface area contributed by atoms with Crippen LogP contribution in [0.4, 0.5) is 5.69 Å². The fourth-order valence-corrected chi connectivity index (χ4v) is 2.58. The van der Waals surface area contributed by atoms with Crippen molar-refractivity contribution in [2.45, 2.75) is 11.3 Å². The standard InChI is InChI=1S/C11H14N2O2S/c14-13(15)10-1-3-11(4-2-10)16-6-5-9-7-12-8-9/h1-4,9,12H,5-8H2. The van der Waals surface area contributed by atoms with Crippen molar-refractivity contribution < 1.29 is 4.92 Å². The van der Waals surface area contributed by atoms with Crippen molar-refractivity contribution in [1.29, 1.82) is 0 Å². The predicted octanol–water partition coefficient (Wildman–Crippen LogP) is 2.30. The Kier molecular flexibility index (Phi) is 3.79. The average Bonchev–Trinajstić information content (AvgIpc) is 2.22. The predicted molar refractivity (Wildman–Crippen MR) is 64.8 cm³/mol. The van der Waals surface area contributed by atoms with Gasteiger partial charge in [0.2, 0.25) is 0 Å². The largest absolute Gasteiger partial charge is 0.316 e. The first-order chi connectivity index (χ1) is 7.75. The maximum atomic E-state index is 10.5. The van der Waals surface area contributed by atoms with Gasteiger partial charge in [-0.25, -0.2) is 0 Å². The quantitative estimate of drug-likeness (QED) is 0.486. The molecule has 86 valence electrons. The van der Waals surface area contributed by atoms with Crippen molar-refractivity contribution in [3.63, 3.8) is 0 Å². The molecule has 1 saturated heterocycles. The van der Waals surface area contributed by atoms with E-state index in [-0.39, 0.29) is 10.6 Å². The normalized spacial score (nSPS) is 15.8. The zero-order valence-electron chi connectivity index (χ0n) is 8.89. The second-order valence-corrected chi connectivity index (χ2v) is 5.08. The average molecular weight is 238 g/mol. The van der Waals surface area contributed by atoms with Crippen LogP contribution in [-0.4, -0.2) is 23.8 Å². The van der Waals surface area contributed by atoms with Crippen LogP contribution < -0.4 is 5.32 Å². The molecule has 5 heteroatoms. The number of hydrogen-bond donors (Lipinski definition) is 1. The summed E-state index contributed by atoms with van der Waals surface area (Å²) in [7, 11) is 0. The number of thioether (sulfide) groups is 1. The van der Waals surface area contributed by atoms with E-state index in [0.29, 0.717) is 0 Å². The third-order valence-corrected chi connectivity index (χ3v) is 3.75. The number of nitro benzene ring substituents is 1. The molecule has 0 radical (unpaired) electrons. The van der Waals surface area contributed by atoms with Gasteiger partial charge in [0.05, 0.1) is 4.92 Å². The molecule has 1 aliphatic rings. The fourth-order valence-electron chi connectivity index (χ4n) is 1.56. The Labute approximate surface area is 98.6 Å². The van der Waals surface area contributed by atoms with E-state index in [9.17, 15) is 10.1 Å². The van der Waals surface area contributed by atoms with Gasteiger partial charge in [0.25, 0.3) is 5.69 Å². The minimum absolute atomic E-state index is 0.160. The van der Waals surface area contributed by atoms with E-state index in [2.05, 4.69) is 5.32 Å². The lowest BCUT2D eigenvalue weighted by molar-refractivity contribution is -0.384.